The summed E-state index contributed by atoms with van der Waals surface area (Å²) < 4.78 is 0. The zero-order chi connectivity index (χ0) is 9.72. The van der Waals surface area contributed by atoms with Gasteiger partial charge in [-0.25, -0.2) is 0 Å². The molecule has 0 rings (SSSR count). The number of allylic oxidation sites excluding steroid dienone is 2. The van der Waals surface area contributed by atoms with Gasteiger partial charge in [-0.1, -0.05) is 0 Å². The molecule has 0 N–H and O–H groups in total. The second-order valence-electron chi connectivity index (χ2n) is 2.17. The van der Waals surface area contributed by atoms with Gasteiger partial charge in [0.15, 0.2) is 0 Å². The number of hydrogen-bond acceptors (Lipinski definition) is 2. The van der Waals surface area contributed by atoms with Crippen molar-refractivity contribution in [3.05, 3.63) is 11.6 Å². The first-order valence-electron chi connectivity index (χ1n) is 3.22. The van der Waals surface area contributed by atoms with Crippen LogP contribution >= 0.6 is 11.6 Å². The molecule has 5 heteroatoms. The third-order valence-corrected chi connectivity index (χ3v) is 1.50. The molecule has 3 radical (unpaired) electrons. The van der Waals surface area contributed by atoms with E-state index in [0.29, 0.717) is 11.3 Å². The molecule has 59 valence electrons. The number of carbonyl (C=O) groups is 1. The van der Waals surface area contributed by atoms with Gasteiger partial charge in [0.05, 0.1) is 0 Å². The maximum atomic E-state index is 10.6. The standard InChI is InChI=1S/C7H7B2ClNO/c1-4(7(10)12)3-5(11-2)6(8)9/h3H,1-2H3/b4-3+,11-5?. The van der Waals surface area contributed by atoms with E-state index in [0.717, 1.165) is 0 Å². The summed E-state index contributed by atoms with van der Waals surface area (Å²) in [6.07, 6.45) is 1.44. The van der Waals surface area contributed by atoms with Crippen molar-refractivity contribution in [2.75, 3.05) is 7.05 Å². The van der Waals surface area contributed by atoms with Crippen LogP contribution in [0.3, 0.4) is 0 Å². The van der Waals surface area contributed by atoms with Crippen molar-refractivity contribution in [1.82, 2.24) is 0 Å². The third kappa shape index (κ3) is 3.67. The van der Waals surface area contributed by atoms with Crippen molar-refractivity contribution < 1.29 is 4.79 Å². The monoisotopic (exact) mass is 178 g/mol. The Balaban J connectivity index is 4.72. The van der Waals surface area contributed by atoms with E-state index in [1.54, 1.807) is 6.92 Å². The van der Waals surface area contributed by atoms with Crippen LogP contribution in [0.5, 0.6) is 0 Å². The Bertz CT molecular complexity index is 271. The van der Waals surface area contributed by atoms with Crippen molar-refractivity contribution in [3.8, 4) is 0 Å². The number of rotatable bonds is 3. The van der Waals surface area contributed by atoms with Gasteiger partial charge in [-0.3, -0.25) is 0 Å². The molecular formula is C7H7B2ClNO. The topological polar surface area (TPSA) is 29.4 Å². The molecule has 0 aliphatic carbocycles. The van der Waals surface area contributed by atoms with Crippen LogP contribution in [0.2, 0.25) is 0 Å². The maximum absolute atomic E-state index is 10.6. The van der Waals surface area contributed by atoms with Crippen LogP contribution in [-0.4, -0.2) is 38.7 Å². The fourth-order valence-corrected chi connectivity index (χ4v) is 0.593. The Morgan fingerprint density at radius 1 is 1.58 bits per heavy atom. The summed E-state index contributed by atoms with van der Waals surface area (Å²) in [4.78, 5) is 14.3. The molecule has 0 atom stereocenters. The third-order valence-electron chi connectivity index (χ3n) is 1.20. The van der Waals surface area contributed by atoms with E-state index in [-0.39, 0.29) is 5.36 Å². The molecule has 0 aromatic carbocycles. The van der Waals surface area contributed by atoms with Crippen LogP contribution in [0, 0.1) is 0 Å². The molecular weight excluding hydrogens is 171 g/mol. The molecule has 0 spiro atoms. The van der Waals surface area contributed by atoms with Gasteiger partial charge < -0.3 is 0 Å². The predicted molar refractivity (Wildman–Crippen MR) is 54.5 cm³/mol. The summed E-state index contributed by atoms with van der Waals surface area (Å²) in [5, 5.41) is -0.479. The van der Waals surface area contributed by atoms with Crippen molar-refractivity contribution in [3.63, 3.8) is 0 Å². The van der Waals surface area contributed by atoms with Crippen molar-refractivity contribution in [2.24, 2.45) is 4.99 Å². The van der Waals surface area contributed by atoms with E-state index < -0.39 is 5.24 Å². The number of carbonyl (C=O) groups excluding carboxylic acids is 1. The van der Waals surface area contributed by atoms with E-state index in [1.807, 2.05) is 0 Å². The first-order valence-corrected chi connectivity index (χ1v) is 3.60. The number of hydrogen-bond donors (Lipinski definition) is 0. The van der Waals surface area contributed by atoms with Crippen LogP contribution in [0.15, 0.2) is 16.6 Å². The SMILES string of the molecule is [B]C(=[B])C(/C=C(\C)C(=O)Cl)=NC. The molecule has 0 saturated carbocycles. The van der Waals surface area contributed by atoms with Gasteiger partial charge in [0, 0.05) is 0 Å². The minimum absolute atomic E-state index is 0.0646. The Morgan fingerprint density at radius 3 is 2.33 bits per heavy atom. The molecule has 0 aromatic rings. The molecule has 0 saturated heterocycles. The second-order valence-corrected chi connectivity index (χ2v) is 2.51. The minimum atomic E-state index is -0.544. The van der Waals surface area contributed by atoms with Gasteiger partial charge in [-0.05, 0) is 0 Å². The number of nitrogens with zero attached hydrogens (tertiary/aromatic N) is 1. The Morgan fingerprint density at radius 2 is 2.08 bits per heavy atom. The molecule has 0 aliphatic heterocycles. The normalized spacial score (nSPS) is 12.8. The van der Waals surface area contributed by atoms with E-state index in [4.69, 9.17) is 26.9 Å². The first kappa shape index (κ1) is 11.4. The van der Waals surface area contributed by atoms with Crippen LogP contribution < -0.4 is 0 Å². The molecule has 2 nitrogen and oxygen atoms in total. The first-order chi connectivity index (χ1) is 5.49. The van der Waals surface area contributed by atoms with Crippen molar-refractivity contribution in [2.45, 2.75) is 6.92 Å². The Labute approximate surface area is 79.2 Å². The van der Waals surface area contributed by atoms with Gasteiger partial charge in [0.1, 0.15) is 0 Å². The molecule has 0 amide bonds. The summed E-state index contributed by atoms with van der Waals surface area (Å²) in [5.74, 6) is 0. The van der Waals surface area contributed by atoms with Crippen molar-refractivity contribution >= 4 is 43.3 Å². The number of aliphatic imine (C=N–C) groups is 1. The quantitative estimate of drug-likeness (QED) is 0.263. The summed E-state index contributed by atoms with van der Waals surface area (Å²) in [6.45, 7) is 1.56. The van der Waals surface area contributed by atoms with Crippen LogP contribution in [-0.2, 0) is 4.79 Å². The summed E-state index contributed by atoms with van der Waals surface area (Å²) in [7, 11) is 12.0. The molecule has 0 unspecified atom stereocenters. The predicted octanol–water partition coefficient (Wildman–Crippen LogP) is 0.236. The Kier molecular flexibility index (Phi) is 4.83. The molecule has 0 bridgehead atoms. The van der Waals surface area contributed by atoms with E-state index in [2.05, 4.69) is 4.99 Å². The zero-order valence-corrected chi connectivity index (χ0v) is 7.72. The molecule has 12 heavy (non-hydrogen) atoms. The van der Waals surface area contributed by atoms with Gasteiger partial charge in [0.2, 0.25) is 0 Å². The van der Waals surface area contributed by atoms with Crippen LogP contribution in [0.1, 0.15) is 6.92 Å². The second kappa shape index (κ2) is 5.09. The van der Waals surface area contributed by atoms with E-state index in [9.17, 15) is 4.79 Å². The van der Waals surface area contributed by atoms with Gasteiger partial charge in [0.25, 0.3) is 0 Å². The summed E-state index contributed by atoms with van der Waals surface area (Å²) in [6, 6.07) is 0. The summed E-state index contributed by atoms with van der Waals surface area (Å²) >= 11 is 5.18. The van der Waals surface area contributed by atoms with Crippen LogP contribution in [0.25, 0.3) is 0 Å². The van der Waals surface area contributed by atoms with Gasteiger partial charge >= 0.3 is 78.7 Å². The number of halogens is 1. The molecule has 0 fully saturated rings. The van der Waals surface area contributed by atoms with Gasteiger partial charge in [-0.2, -0.15) is 0 Å². The average molecular weight is 178 g/mol. The fourth-order valence-electron chi connectivity index (χ4n) is 0.539. The van der Waals surface area contributed by atoms with E-state index >= 15 is 0 Å². The molecule has 0 heterocycles. The average Bonchev–Trinajstić information content (AvgIpc) is 1.98. The molecule has 0 aliphatic rings. The zero-order valence-electron chi connectivity index (χ0n) is 6.97. The Hall–Kier alpha value is -0.630. The summed E-state index contributed by atoms with van der Waals surface area (Å²) in [5.41, 5.74) is 0.715. The van der Waals surface area contributed by atoms with Crippen LogP contribution in [0.4, 0.5) is 0 Å². The van der Waals surface area contributed by atoms with E-state index in [1.165, 1.54) is 13.1 Å². The molecule has 0 aromatic heterocycles. The van der Waals surface area contributed by atoms with Crippen molar-refractivity contribution in [1.29, 1.82) is 0 Å². The van der Waals surface area contributed by atoms with Gasteiger partial charge in [-0.15, -0.1) is 0 Å². The fraction of sp³-hybridized carbons (Fsp3) is 0.286.